The molecule has 3 aromatic rings. The number of hydrogen-bond acceptors (Lipinski definition) is 5. The van der Waals surface area contributed by atoms with Crippen LogP contribution in [0.15, 0.2) is 47.4 Å². The predicted molar refractivity (Wildman–Crippen MR) is 120 cm³/mol. The fourth-order valence-electron chi connectivity index (χ4n) is 3.12. The van der Waals surface area contributed by atoms with Gasteiger partial charge in [-0.2, -0.15) is 0 Å². The summed E-state index contributed by atoms with van der Waals surface area (Å²) in [7, 11) is -3.99. The molecule has 0 atom stereocenters. The molecule has 6 nitrogen and oxygen atoms in total. The fourth-order valence-corrected chi connectivity index (χ4v) is 5.73. The third-order valence-electron chi connectivity index (χ3n) is 4.67. The zero-order valence-corrected chi connectivity index (χ0v) is 19.1. The number of aromatic nitrogens is 1. The minimum Gasteiger partial charge on any atom is -0.478 e. The molecule has 0 spiro atoms. The third-order valence-corrected chi connectivity index (χ3v) is 7.79. The van der Waals surface area contributed by atoms with Crippen LogP contribution in [-0.2, 0) is 16.4 Å². The molecule has 0 amide bonds. The zero-order valence-electron chi connectivity index (χ0n) is 16.7. The molecule has 0 aliphatic rings. The maximum absolute atomic E-state index is 13.4. The monoisotopic (exact) mass is 464 g/mol. The molecule has 0 bridgehead atoms. The minimum atomic E-state index is -3.99. The summed E-state index contributed by atoms with van der Waals surface area (Å²) >= 11 is 7.33. The molecule has 1 heterocycles. The minimum absolute atomic E-state index is 0.00789. The number of halogens is 1. The molecular weight excluding hydrogens is 444 g/mol. The Kier molecular flexibility index (Phi) is 6.50. The standard InChI is InChI=1S/C21H21ClN2O4S2/c1-4-14-8-11-17(12-18(14)21(25)26)30(27,28)24(5-2)19-13(3)29-20(23-19)15-6-9-16(22)10-7-15/h6-12H,4-5H2,1-3H3,(H,25,26). The molecule has 3 rings (SSSR count). The molecule has 0 aliphatic carbocycles. The Balaban J connectivity index is 2.06. The molecule has 30 heavy (non-hydrogen) atoms. The first kappa shape index (κ1) is 22.3. The van der Waals surface area contributed by atoms with Gasteiger partial charge in [-0.25, -0.2) is 22.5 Å². The average molecular weight is 465 g/mol. The first-order valence-corrected chi connectivity index (χ1v) is 11.9. The van der Waals surface area contributed by atoms with Crippen molar-refractivity contribution < 1.29 is 18.3 Å². The molecule has 2 aromatic carbocycles. The third kappa shape index (κ3) is 4.21. The number of benzene rings is 2. The highest BCUT2D eigenvalue weighted by Gasteiger charge is 2.29. The highest BCUT2D eigenvalue weighted by Crippen LogP contribution is 2.35. The topological polar surface area (TPSA) is 87.6 Å². The van der Waals surface area contributed by atoms with E-state index in [2.05, 4.69) is 4.98 Å². The maximum atomic E-state index is 13.4. The molecule has 0 saturated heterocycles. The van der Waals surface area contributed by atoms with E-state index in [1.165, 1.54) is 27.8 Å². The van der Waals surface area contributed by atoms with Crippen molar-refractivity contribution in [2.24, 2.45) is 0 Å². The zero-order chi connectivity index (χ0) is 22.1. The Morgan fingerprint density at radius 2 is 1.83 bits per heavy atom. The smallest absolute Gasteiger partial charge is 0.336 e. The van der Waals surface area contributed by atoms with Gasteiger partial charge in [-0.3, -0.25) is 0 Å². The van der Waals surface area contributed by atoms with Crippen molar-refractivity contribution in [3.8, 4) is 10.6 Å². The number of carboxylic acid groups (broad SMARTS) is 1. The van der Waals surface area contributed by atoms with E-state index in [9.17, 15) is 18.3 Å². The number of aromatic carboxylic acids is 1. The van der Waals surface area contributed by atoms with Crippen molar-refractivity contribution in [2.45, 2.75) is 32.1 Å². The van der Waals surface area contributed by atoms with Crippen molar-refractivity contribution in [1.82, 2.24) is 4.98 Å². The van der Waals surface area contributed by atoms with Crippen molar-refractivity contribution in [2.75, 3.05) is 10.8 Å². The van der Waals surface area contributed by atoms with Gasteiger partial charge in [0.1, 0.15) is 5.01 Å². The van der Waals surface area contributed by atoms with E-state index in [0.717, 1.165) is 10.4 Å². The number of carbonyl (C=O) groups is 1. The van der Waals surface area contributed by atoms with Crippen LogP contribution in [0.2, 0.25) is 5.02 Å². The molecule has 0 fully saturated rings. The summed E-state index contributed by atoms with van der Waals surface area (Å²) in [6.07, 6.45) is 0.495. The second-order valence-electron chi connectivity index (χ2n) is 6.55. The summed E-state index contributed by atoms with van der Waals surface area (Å²) in [6.45, 7) is 5.51. The number of thiazole rings is 1. The van der Waals surface area contributed by atoms with Gasteiger partial charge in [-0.1, -0.05) is 36.7 Å². The number of rotatable bonds is 7. The first-order chi connectivity index (χ1) is 14.2. The van der Waals surface area contributed by atoms with Gasteiger partial charge in [0.05, 0.1) is 10.5 Å². The summed E-state index contributed by atoms with van der Waals surface area (Å²) in [5.74, 6) is -0.814. The van der Waals surface area contributed by atoms with Crippen LogP contribution < -0.4 is 4.31 Å². The van der Waals surface area contributed by atoms with Crippen LogP contribution in [0, 0.1) is 6.92 Å². The van der Waals surface area contributed by atoms with Gasteiger partial charge in [0, 0.05) is 22.0 Å². The lowest BCUT2D eigenvalue weighted by Gasteiger charge is -2.22. The molecule has 9 heteroatoms. The number of nitrogens with zero attached hydrogens (tertiary/aromatic N) is 2. The van der Waals surface area contributed by atoms with E-state index in [4.69, 9.17) is 11.6 Å². The van der Waals surface area contributed by atoms with Crippen LogP contribution >= 0.6 is 22.9 Å². The van der Waals surface area contributed by atoms with Crippen LogP contribution in [0.25, 0.3) is 10.6 Å². The average Bonchev–Trinajstić information content (AvgIpc) is 3.09. The molecular formula is C21H21ClN2O4S2. The van der Waals surface area contributed by atoms with Crippen LogP contribution in [-0.4, -0.2) is 31.0 Å². The van der Waals surface area contributed by atoms with Crippen molar-refractivity contribution in [1.29, 1.82) is 0 Å². The summed E-state index contributed by atoms with van der Waals surface area (Å²) < 4.78 is 27.9. The largest absolute Gasteiger partial charge is 0.478 e. The van der Waals surface area contributed by atoms with Gasteiger partial charge in [0.15, 0.2) is 5.82 Å². The lowest BCUT2D eigenvalue weighted by atomic mass is 10.1. The lowest BCUT2D eigenvalue weighted by Crippen LogP contribution is -2.31. The van der Waals surface area contributed by atoms with Crippen LogP contribution in [0.4, 0.5) is 5.82 Å². The first-order valence-electron chi connectivity index (χ1n) is 9.31. The van der Waals surface area contributed by atoms with Crippen LogP contribution in [0.5, 0.6) is 0 Å². The van der Waals surface area contributed by atoms with Gasteiger partial charge in [0.25, 0.3) is 10.0 Å². The Morgan fingerprint density at radius 3 is 2.40 bits per heavy atom. The van der Waals surface area contributed by atoms with E-state index in [0.29, 0.717) is 27.8 Å². The predicted octanol–water partition coefficient (Wildman–Crippen LogP) is 5.25. The van der Waals surface area contributed by atoms with Crippen LogP contribution in [0.3, 0.4) is 0 Å². The molecule has 0 radical (unpaired) electrons. The number of carboxylic acids is 1. The van der Waals surface area contributed by atoms with Crippen molar-refractivity contribution in [3.63, 3.8) is 0 Å². The van der Waals surface area contributed by atoms with Crippen molar-refractivity contribution >= 4 is 44.7 Å². The van der Waals surface area contributed by atoms with E-state index in [1.807, 2.05) is 26.0 Å². The number of sulfonamides is 1. The van der Waals surface area contributed by atoms with E-state index < -0.39 is 16.0 Å². The molecule has 1 N–H and O–H groups in total. The Labute approximate surface area is 184 Å². The summed E-state index contributed by atoms with van der Waals surface area (Å²) in [5, 5.41) is 10.8. The van der Waals surface area contributed by atoms with Crippen LogP contribution in [0.1, 0.15) is 34.6 Å². The van der Waals surface area contributed by atoms with E-state index in [-0.39, 0.29) is 17.0 Å². The second-order valence-corrected chi connectivity index (χ2v) is 10.1. The van der Waals surface area contributed by atoms with E-state index >= 15 is 0 Å². The Bertz CT molecular complexity index is 1190. The molecule has 1 aromatic heterocycles. The summed E-state index contributed by atoms with van der Waals surface area (Å²) in [5.41, 5.74) is 1.42. The van der Waals surface area contributed by atoms with Gasteiger partial charge in [0.2, 0.25) is 0 Å². The van der Waals surface area contributed by atoms with Gasteiger partial charge >= 0.3 is 5.97 Å². The fraction of sp³-hybridized carbons (Fsp3) is 0.238. The number of hydrogen-bond donors (Lipinski definition) is 1. The molecule has 0 aliphatic heterocycles. The van der Waals surface area contributed by atoms with Gasteiger partial charge in [-0.15, -0.1) is 11.3 Å². The van der Waals surface area contributed by atoms with E-state index in [1.54, 1.807) is 25.1 Å². The SMILES string of the molecule is CCc1ccc(S(=O)(=O)N(CC)c2nc(-c3ccc(Cl)cc3)sc2C)cc1C(=O)O. The van der Waals surface area contributed by atoms with Gasteiger partial charge in [-0.05, 0) is 50.1 Å². The normalized spacial score (nSPS) is 11.5. The highest BCUT2D eigenvalue weighted by molar-refractivity contribution is 7.92. The molecule has 0 saturated carbocycles. The number of anilines is 1. The molecule has 0 unspecified atom stereocenters. The quantitative estimate of drug-likeness (QED) is 0.516. The Hall–Kier alpha value is -2.42. The Morgan fingerprint density at radius 1 is 1.17 bits per heavy atom. The lowest BCUT2D eigenvalue weighted by molar-refractivity contribution is 0.0695. The number of aryl methyl sites for hydroxylation is 2. The summed E-state index contributed by atoms with van der Waals surface area (Å²) in [4.78, 5) is 16.8. The summed E-state index contributed by atoms with van der Waals surface area (Å²) in [6, 6.07) is 11.4. The second kappa shape index (κ2) is 8.75. The van der Waals surface area contributed by atoms with Gasteiger partial charge < -0.3 is 5.11 Å². The maximum Gasteiger partial charge on any atom is 0.336 e. The highest BCUT2D eigenvalue weighted by atomic mass is 35.5. The molecule has 158 valence electrons. The van der Waals surface area contributed by atoms with Crippen molar-refractivity contribution in [3.05, 3.63) is 63.5 Å².